The van der Waals surface area contributed by atoms with E-state index >= 15 is 0 Å². The molecule has 1 aliphatic heterocycles. The van der Waals surface area contributed by atoms with Crippen molar-refractivity contribution in [3.05, 3.63) is 29.8 Å². The first-order chi connectivity index (χ1) is 8.74. The summed E-state index contributed by atoms with van der Waals surface area (Å²) in [5.74, 6) is 1.09. The Kier molecular flexibility index (Phi) is 4.24. The van der Waals surface area contributed by atoms with Gasteiger partial charge in [0.05, 0.1) is 13.5 Å². The number of likely N-dealkylation sites (tertiary alicyclic amines) is 1. The lowest BCUT2D eigenvalue weighted by atomic mass is 10.1. The third-order valence-electron chi connectivity index (χ3n) is 3.68. The average molecular weight is 247 g/mol. The van der Waals surface area contributed by atoms with Crippen LogP contribution < -0.4 is 4.74 Å². The van der Waals surface area contributed by atoms with Gasteiger partial charge in [-0.2, -0.15) is 0 Å². The van der Waals surface area contributed by atoms with Gasteiger partial charge in [-0.1, -0.05) is 19.1 Å². The predicted octanol–water partition coefficient (Wildman–Crippen LogP) is 2.64. The molecule has 18 heavy (non-hydrogen) atoms. The zero-order valence-corrected chi connectivity index (χ0v) is 11.2. The van der Waals surface area contributed by atoms with Gasteiger partial charge in [0, 0.05) is 12.6 Å². The minimum absolute atomic E-state index is 0.254. The molecule has 0 saturated carbocycles. The summed E-state index contributed by atoms with van der Waals surface area (Å²) >= 11 is 0. The molecule has 98 valence electrons. The molecular weight excluding hydrogens is 226 g/mol. The second-order valence-electron chi connectivity index (χ2n) is 4.82. The Balaban J connectivity index is 1.97. The largest absolute Gasteiger partial charge is 0.497 e. The molecule has 0 aromatic heterocycles. The minimum atomic E-state index is 0.254. The van der Waals surface area contributed by atoms with Crippen LogP contribution in [0, 0.1) is 0 Å². The average Bonchev–Trinajstić information content (AvgIpc) is 2.88. The van der Waals surface area contributed by atoms with Crippen molar-refractivity contribution in [2.45, 2.75) is 38.6 Å². The Morgan fingerprint density at radius 3 is 2.72 bits per heavy atom. The van der Waals surface area contributed by atoms with Gasteiger partial charge in [0.15, 0.2) is 0 Å². The predicted molar refractivity (Wildman–Crippen MR) is 71.7 cm³/mol. The van der Waals surface area contributed by atoms with Crippen LogP contribution in [0.2, 0.25) is 0 Å². The summed E-state index contributed by atoms with van der Waals surface area (Å²) in [5.41, 5.74) is 1.06. The number of carbonyl (C=O) groups is 1. The number of amides is 1. The van der Waals surface area contributed by atoms with Crippen LogP contribution in [0.3, 0.4) is 0 Å². The smallest absolute Gasteiger partial charge is 0.227 e. The fraction of sp³-hybridized carbons (Fsp3) is 0.533. The van der Waals surface area contributed by atoms with Gasteiger partial charge in [0.2, 0.25) is 5.91 Å². The molecule has 1 amide bonds. The van der Waals surface area contributed by atoms with Crippen molar-refractivity contribution in [1.82, 2.24) is 4.90 Å². The molecule has 3 heteroatoms. The molecule has 1 aromatic rings. The van der Waals surface area contributed by atoms with E-state index in [1.807, 2.05) is 29.2 Å². The molecule has 0 spiro atoms. The highest BCUT2D eigenvalue weighted by atomic mass is 16.5. The molecule has 0 radical (unpaired) electrons. The first-order valence-corrected chi connectivity index (χ1v) is 6.67. The molecule has 1 saturated heterocycles. The Bertz CT molecular complexity index is 399. The zero-order chi connectivity index (χ0) is 13.0. The highest BCUT2D eigenvalue weighted by Crippen LogP contribution is 2.21. The topological polar surface area (TPSA) is 29.5 Å². The fourth-order valence-corrected chi connectivity index (χ4v) is 2.61. The van der Waals surface area contributed by atoms with Gasteiger partial charge >= 0.3 is 0 Å². The number of carbonyl (C=O) groups excluding carboxylic acids is 1. The van der Waals surface area contributed by atoms with E-state index in [0.29, 0.717) is 12.5 Å². The van der Waals surface area contributed by atoms with Gasteiger partial charge in [-0.05, 0) is 37.0 Å². The standard InChI is InChI=1S/C15H21NO2/c1-3-13-5-4-10-16(13)15(17)11-12-6-8-14(18-2)9-7-12/h6-9,13H,3-5,10-11H2,1-2H3. The number of nitrogens with zero attached hydrogens (tertiary/aromatic N) is 1. The summed E-state index contributed by atoms with van der Waals surface area (Å²) in [6, 6.07) is 8.20. The van der Waals surface area contributed by atoms with Gasteiger partial charge in [-0.15, -0.1) is 0 Å². The first-order valence-electron chi connectivity index (χ1n) is 6.67. The second-order valence-corrected chi connectivity index (χ2v) is 4.82. The molecular formula is C15H21NO2. The third-order valence-corrected chi connectivity index (χ3v) is 3.68. The molecule has 1 unspecified atom stereocenters. The lowest BCUT2D eigenvalue weighted by Gasteiger charge is -2.23. The maximum atomic E-state index is 12.2. The maximum Gasteiger partial charge on any atom is 0.227 e. The molecule has 1 heterocycles. The van der Waals surface area contributed by atoms with Crippen molar-refractivity contribution in [3.63, 3.8) is 0 Å². The van der Waals surface area contributed by atoms with E-state index in [1.54, 1.807) is 7.11 Å². The Morgan fingerprint density at radius 1 is 1.39 bits per heavy atom. The molecule has 0 bridgehead atoms. The molecule has 1 aliphatic rings. The number of hydrogen-bond donors (Lipinski definition) is 0. The molecule has 1 aromatic carbocycles. The van der Waals surface area contributed by atoms with Crippen LogP contribution in [0.1, 0.15) is 31.7 Å². The van der Waals surface area contributed by atoms with Crippen LogP contribution in [0.5, 0.6) is 5.75 Å². The normalized spacial score (nSPS) is 19.0. The summed E-state index contributed by atoms with van der Waals surface area (Å²) in [6.07, 6.45) is 3.87. The maximum absolute atomic E-state index is 12.2. The number of benzene rings is 1. The lowest BCUT2D eigenvalue weighted by Crippen LogP contribution is -2.36. The SMILES string of the molecule is CCC1CCCN1C(=O)Cc1ccc(OC)cc1. The Morgan fingerprint density at radius 2 is 2.11 bits per heavy atom. The van der Waals surface area contributed by atoms with Gasteiger partial charge in [0.1, 0.15) is 5.75 Å². The van der Waals surface area contributed by atoms with Crippen molar-refractivity contribution < 1.29 is 9.53 Å². The highest BCUT2D eigenvalue weighted by Gasteiger charge is 2.26. The summed E-state index contributed by atoms with van der Waals surface area (Å²) < 4.78 is 5.11. The summed E-state index contributed by atoms with van der Waals surface area (Å²) in [5, 5.41) is 0. The Labute approximate surface area is 109 Å². The number of rotatable bonds is 4. The second kappa shape index (κ2) is 5.89. The van der Waals surface area contributed by atoms with Crippen molar-refractivity contribution in [1.29, 1.82) is 0 Å². The summed E-state index contributed by atoms with van der Waals surface area (Å²) in [6.45, 7) is 3.08. The van der Waals surface area contributed by atoms with E-state index in [-0.39, 0.29) is 5.91 Å². The van der Waals surface area contributed by atoms with Crippen LogP contribution in [0.4, 0.5) is 0 Å². The summed E-state index contributed by atoms with van der Waals surface area (Å²) in [7, 11) is 1.65. The molecule has 0 aliphatic carbocycles. The van der Waals surface area contributed by atoms with Crippen LogP contribution in [-0.2, 0) is 11.2 Å². The van der Waals surface area contributed by atoms with Crippen molar-refractivity contribution in [2.24, 2.45) is 0 Å². The quantitative estimate of drug-likeness (QED) is 0.818. The fourth-order valence-electron chi connectivity index (χ4n) is 2.61. The van der Waals surface area contributed by atoms with Crippen LogP contribution in [0.15, 0.2) is 24.3 Å². The minimum Gasteiger partial charge on any atom is -0.497 e. The van der Waals surface area contributed by atoms with E-state index in [4.69, 9.17) is 4.74 Å². The van der Waals surface area contributed by atoms with Gasteiger partial charge in [-0.25, -0.2) is 0 Å². The van der Waals surface area contributed by atoms with Gasteiger partial charge in [0.25, 0.3) is 0 Å². The Hall–Kier alpha value is -1.51. The van der Waals surface area contributed by atoms with Crippen molar-refractivity contribution >= 4 is 5.91 Å². The molecule has 1 fully saturated rings. The van der Waals surface area contributed by atoms with E-state index < -0.39 is 0 Å². The monoisotopic (exact) mass is 247 g/mol. The molecule has 3 nitrogen and oxygen atoms in total. The van der Waals surface area contributed by atoms with E-state index in [1.165, 1.54) is 0 Å². The third kappa shape index (κ3) is 2.84. The molecule has 1 atom stereocenters. The first kappa shape index (κ1) is 12.9. The number of methoxy groups -OCH3 is 1. The van der Waals surface area contributed by atoms with E-state index in [0.717, 1.165) is 37.1 Å². The van der Waals surface area contributed by atoms with Crippen LogP contribution in [-0.4, -0.2) is 30.5 Å². The highest BCUT2D eigenvalue weighted by molar-refractivity contribution is 5.79. The van der Waals surface area contributed by atoms with Crippen LogP contribution in [0.25, 0.3) is 0 Å². The summed E-state index contributed by atoms with van der Waals surface area (Å²) in [4.78, 5) is 14.3. The van der Waals surface area contributed by atoms with Crippen molar-refractivity contribution in [2.75, 3.05) is 13.7 Å². The molecule has 2 rings (SSSR count). The molecule has 0 N–H and O–H groups in total. The van der Waals surface area contributed by atoms with Gasteiger partial charge in [-0.3, -0.25) is 4.79 Å². The number of ether oxygens (including phenoxy) is 1. The van der Waals surface area contributed by atoms with Crippen LogP contribution >= 0.6 is 0 Å². The zero-order valence-electron chi connectivity index (χ0n) is 11.2. The van der Waals surface area contributed by atoms with E-state index in [9.17, 15) is 4.79 Å². The van der Waals surface area contributed by atoms with Crippen molar-refractivity contribution in [3.8, 4) is 5.75 Å². The van der Waals surface area contributed by atoms with E-state index in [2.05, 4.69) is 6.92 Å². The lowest BCUT2D eigenvalue weighted by molar-refractivity contribution is -0.131. The number of hydrogen-bond acceptors (Lipinski definition) is 2. The van der Waals surface area contributed by atoms with Gasteiger partial charge < -0.3 is 9.64 Å².